The minimum absolute atomic E-state index is 0.361. The van der Waals surface area contributed by atoms with Crippen LogP contribution in [0.25, 0.3) is 15.9 Å². The number of aryl methyl sites for hydroxylation is 2. The van der Waals surface area contributed by atoms with E-state index in [4.69, 9.17) is 0 Å². The molecule has 2 aromatic carbocycles. The van der Waals surface area contributed by atoms with Crippen LogP contribution >= 0.6 is 0 Å². The summed E-state index contributed by atoms with van der Waals surface area (Å²) in [5.41, 5.74) is 2.78. The molecule has 0 aliphatic carbocycles. The van der Waals surface area contributed by atoms with Crippen LogP contribution < -0.4 is 18.5 Å². The molecule has 1 aliphatic heterocycles. The van der Waals surface area contributed by atoms with Gasteiger partial charge in [0.2, 0.25) is 0 Å². The first-order chi connectivity index (χ1) is 15.8. The molecule has 0 N–H and O–H groups in total. The van der Waals surface area contributed by atoms with Crippen LogP contribution in [-0.2, 0) is 13.1 Å². The molecule has 160 valence electrons. The number of nitrogens with zero attached hydrogens (tertiary/aromatic N) is 3. The van der Waals surface area contributed by atoms with Crippen molar-refractivity contribution in [3.05, 3.63) is 100 Å². The second kappa shape index (κ2) is 10.0. The van der Waals surface area contributed by atoms with Crippen molar-refractivity contribution in [3.63, 3.8) is 0 Å². The average Bonchev–Trinajstić information content (AvgIpc) is 3.37. The van der Waals surface area contributed by atoms with Gasteiger partial charge in [-0.05, 0) is 0 Å². The molecule has 0 saturated carbocycles. The van der Waals surface area contributed by atoms with Crippen LogP contribution in [0.5, 0.6) is 0 Å². The molecule has 4 aromatic rings. The molecule has 0 radical (unpaired) electrons. The Balaban J connectivity index is 1.37. The standard InChI is InChI=1S/C27H27N3Se2/c1-2-29-22-12-4-6-14-24(22)31-26(29)16-10-17-27-30(23-13-5-7-15-25(23)32-27)21-11-20-28-18-8-3-9-19-28/h3-10,12-19H,2,11,20-21H2,1H3/q+2. The van der Waals surface area contributed by atoms with Crippen LogP contribution in [-0.4, -0.2) is 36.0 Å². The summed E-state index contributed by atoms with van der Waals surface area (Å²) in [4.78, 5) is 2.47. The summed E-state index contributed by atoms with van der Waals surface area (Å²) in [7, 11) is 0. The molecule has 5 rings (SSSR count). The third-order valence-electron chi connectivity index (χ3n) is 5.64. The van der Waals surface area contributed by atoms with Gasteiger partial charge in [-0.3, -0.25) is 0 Å². The molecule has 5 heteroatoms. The fraction of sp³-hybridized carbons (Fsp3) is 0.185. The predicted molar refractivity (Wildman–Crippen MR) is 134 cm³/mol. The Morgan fingerprint density at radius 2 is 1.72 bits per heavy atom. The molecular weight excluding hydrogens is 524 g/mol. The van der Waals surface area contributed by atoms with Gasteiger partial charge in [0.15, 0.2) is 0 Å². The molecule has 0 saturated heterocycles. The third-order valence-corrected chi connectivity index (χ3v) is 10.4. The van der Waals surface area contributed by atoms with E-state index in [9.17, 15) is 0 Å². The van der Waals surface area contributed by atoms with Crippen molar-refractivity contribution >= 4 is 55.5 Å². The molecule has 0 fully saturated rings. The average molecular weight is 551 g/mol. The summed E-state index contributed by atoms with van der Waals surface area (Å²) in [5.74, 6) is 0. The summed E-state index contributed by atoms with van der Waals surface area (Å²) in [6, 6.07) is 24.0. The van der Waals surface area contributed by atoms with Gasteiger partial charge in [-0.15, -0.1) is 0 Å². The van der Waals surface area contributed by atoms with E-state index in [1.165, 1.54) is 29.1 Å². The Morgan fingerprint density at radius 1 is 0.906 bits per heavy atom. The Bertz CT molecular complexity index is 1270. The number of rotatable bonds is 7. The van der Waals surface area contributed by atoms with Crippen LogP contribution in [0.1, 0.15) is 17.9 Å². The van der Waals surface area contributed by atoms with E-state index in [1.807, 2.05) is 0 Å². The summed E-state index contributed by atoms with van der Waals surface area (Å²) in [6.07, 6.45) is 12.4. The van der Waals surface area contributed by atoms with E-state index < -0.39 is 0 Å². The van der Waals surface area contributed by atoms with Crippen molar-refractivity contribution in [2.24, 2.45) is 0 Å². The van der Waals surface area contributed by atoms with Crippen LogP contribution in [0.4, 0.5) is 5.69 Å². The van der Waals surface area contributed by atoms with Crippen molar-refractivity contribution < 1.29 is 9.13 Å². The summed E-state index contributed by atoms with van der Waals surface area (Å²) < 4.78 is 10.7. The monoisotopic (exact) mass is 553 g/mol. The summed E-state index contributed by atoms with van der Waals surface area (Å²) in [6.45, 7) is 5.36. The molecule has 32 heavy (non-hydrogen) atoms. The number of allylic oxidation sites excluding steroid dienone is 2. The van der Waals surface area contributed by atoms with Crippen LogP contribution in [0, 0.1) is 0 Å². The van der Waals surface area contributed by atoms with Crippen molar-refractivity contribution in [2.45, 2.75) is 26.4 Å². The quantitative estimate of drug-likeness (QED) is 0.254. The molecular formula is C27H27N3Se2+2. The van der Waals surface area contributed by atoms with E-state index in [2.05, 4.69) is 118 Å². The fourth-order valence-electron chi connectivity index (χ4n) is 4.12. The minimum atomic E-state index is 0.361. The van der Waals surface area contributed by atoms with E-state index in [-0.39, 0.29) is 0 Å². The number of fused-ring (bicyclic) bond motifs is 2. The van der Waals surface area contributed by atoms with Crippen LogP contribution in [0.3, 0.4) is 0 Å². The zero-order chi connectivity index (χ0) is 21.8. The molecule has 3 heterocycles. The SMILES string of the molecule is CCN1/C(=C\C=C\c2[se]c3ccccc3[n+]2CCC[n+]2ccccc2)[Se]c2ccccc21. The second-order valence-corrected chi connectivity index (χ2v) is 12.2. The van der Waals surface area contributed by atoms with Crippen molar-refractivity contribution in [3.8, 4) is 0 Å². The zero-order valence-electron chi connectivity index (χ0n) is 18.2. The van der Waals surface area contributed by atoms with Gasteiger partial charge in [0.25, 0.3) is 0 Å². The van der Waals surface area contributed by atoms with Crippen LogP contribution in [0.2, 0.25) is 0 Å². The predicted octanol–water partition coefficient (Wildman–Crippen LogP) is 3.29. The number of pyridine rings is 1. The first-order valence-electron chi connectivity index (χ1n) is 11.1. The number of hydrogen-bond donors (Lipinski definition) is 0. The maximum atomic E-state index is 2.54. The Hall–Kier alpha value is -2.42. The molecule has 2 aromatic heterocycles. The van der Waals surface area contributed by atoms with Crippen molar-refractivity contribution in [2.75, 3.05) is 11.4 Å². The van der Waals surface area contributed by atoms with Gasteiger partial charge < -0.3 is 0 Å². The molecule has 0 bridgehead atoms. The van der Waals surface area contributed by atoms with Gasteiger partial charge in [-0.25, -0.2) is 0 Å². The van der Waals surface area contributed by atoms with E-state index in [1.54, 1.807) is 0 Å². The van der Waals surface area contributed by atoms with Crippen molar-refractivity contribution in [1.29, 1.82) is 0 Å². The first-order valence-corrected chi connectivity index (χ1v) is 14.5. The Kier molecular flexibility index (Phi) is 6.71. The van der Waals surface area contributed by atoms with Gasteiger partial charge in [-0.1, -0.05) is 0 Å². The van der Waals surface area contributed by atoms with Gasteiger partial charge in [-0.2, -0.15) is 0 Å². The molecule has 0 unspecified atom stereocenters. The van der Waals surface area contributed by atoms with Gasteiger partial charge >= 0.3 is 203 Å². The molecule has 0 atom stereocenters. The number of aromatic nitrogens is 2. The topological polar surface area (TPSA) is 11.0 Å². The Labute approximate surface area is 202 Å². The molecule has 0 amide bonds. The normalized spacial score (nSPS) is 14.7. The number of anilines is 1. The maximum absolute atomic E-state index is 2.54. The fourth-order valence-corrected chi connectivity index (χ4v) is 8.82. The van der Waals surface area contributed by atoms with Gasteiger partial charge in [0.1, 0.15) is 0 Å². The van der Waals surface area contributed by atoms with E-state index >= 15 is 0 Å². The van der Waals surface area contributed by atoms with Gasteiger partial charge in [0.05, 0.1) is 0 Å². The van der Waals surface area contributed by atoms with Crippen LogP contribution in [0.15, 0.2) is 95.9 Å². The number of benzene rings is 2. The second-order valence-electron chi connectivity index (χ2n) is 7.70. The first kappa shape index (κ1) is 21.4. The summed E-state index contributed by atoms with van der Waals surface area (Å²) in [5, 5.41) is 0. The van der Waals surface area contributed by atoms with Crippen molar-refractivity contribution in [1.82, 2.24) is 0 Å². The van der Waals surface area contributed by atoms with E-state index in [0.717, 1.165) is 26.1 Å². The van der Waals surface area contributed by atoms with Gasteiger partial charge in [0, 0.05) is 0 Å². The Morgan fingerprint density at radius 3 is 2.59 bits per heavy atom. The number of para-hydroxylation sites is 2. The zero-order valence-corrected chi connectivity index (χ0v) is 21.7. The molecule has 0 spiro atoms. The van der Waals surface area contributed by atoms with E-state index in [0.29, 0.717) is 29.5 Å². The summed E-state index contributed by atoms with van der Waals surface area (Å²) >= 11 is 0.748. The number of hydrogen-bond acceptors (Lipinski definition) is 1. The molecule has 3 nitrogen and oxygen atoms in total. The molecule has 1 aliphatic rings. The third kappa shape index (κ3) is 4.53.